The Labute approximate surface area is 122 Å². The number of hydrogen-bond donors (Lipinski definition) is 1. The van der Waals surface area contributed by atoms with Crippen LogP contribution in [-0.4, -0.2) is 5.25 Å². The summed E-state index contributed by atoms with van der Waals surface area (Å²) in [6, 6.07) is 4.10. The lowest BCUT2D eigenvalue weighted by Crippen LogP contribution is -2.16. The van der Waals surface area contributed by atoms with Crippen LogP contribution in [0.5, 0.6) is 0 Å². The van der Waals surface area contributed by atoms with Crippen molar-refractivity contribution in [3.05, 3.63) is 29.3 Å². The van der Waals surface area contributed by atoms with E-state index < -0.39 is 11.7 Å². The average molecular weight is 303 g/mol. The fraction of sp³-hybridized carbons (Fsp3) is 0.600. The van der Waals surface area contributed by atoms with Crippen LogP contribution >= 0.6 is 11.8 Å². The van der Waals surface area contributed by atoms with Crippen molar-refractivity contribution in [3.8, 4) is 0 Å². The zero-order valence-electron chi connectivity index (χ0n) is 11.5. The first-order valence-corrected chi connectivity index (χ1v) is 7.98. The van der Waals surface area contributed by atoms with Crippen molar-refractivity contribution in [2.75, 3.05) is 5.73 Å². The van der Waals surface area contributed by atoms with E-state index in [4.69, 9.17) is 5.73 Å². The maximum Gasteiger partial charge on any atom is 0.416 e. The summed E-state index contributed by atoms with van der Waals surface area (Å²) in [5.41, 5.74) is 5.39. The van der Waals surface area contributed by atoms with E-state index in [9.17, 15) is 13.2 Å². The van der Waals surface area contributed by atoms with Gasteiger partial charge in [-0.25, -0.2) is 0 Å². The molecule has 0 saturated heterocycles. The van der Waals surface area contributed by atoms with E-state index in [1.54, 1.807) is 17.8 Å². The van der Waals surface area contributed by atoms with E-state index in [1.807, 2.05) is 0 Å². The minimum absolute atomic E-state index is 0.164. The van der Waals surface area contributed by atoms with Crippen LogP contribution in [0, 0.1) is 5.92 Å². The first-order chi connectivity index (χ1) is 9.36. The third kappa shape index (κ3) is 4.08. The molecule has 1 aromatic rings. The number of alkyl halides is 3. The van der Waals surface area contributed by atoms with Gasteiger partial charge in [-0.15, -0.1) is 0 Å². The van der Waals surface area contributed by atoms with Gasteiger partial charge in [-0.1, -0.05) is 25.8 Å². The van der Waals surface area contributed by atoms with Gasteiger partial charge in [0.1, 0.15) is 0 Å². The van der Waals surface area contributed by atoms with Crippen molar-refractivity contribution >= 4 is 17.4 Å². The summed E-state index contributed by atoms with van der Waals surface area (Å²) in [6.45, 7) is 2.22. The molecular formula is C15H20F3NS. The molecule has 2 rings (SSSR count). The van der Waals surface area contributed by atoms with E-state index in [0.29, 0.717) is 22.5 Å². The highest BCUT2D eigenvalue weighted by atomic mass is 32.2. The van der Waals surface area contributed by atoms with Gasteiger partial charge in [0.15, 0.2) is 0 Å². The Morgan fingerprint density at radius 1 is 1.30 bits per heavy atom. The minimum atomic E-state index is -4.33. The molecule has 0 heterocycles. The molecule has 0 spiro atoms. The lowest BCUT2D eigenvalue weighted by atomic mass is 9.91. The summed E-state index contributed by atoms with van der Waals surface area (Å²) in [4.78, 5) is 0. The highest BCUT2D eigenvalue weighted by molar-refractivity contribution is 7.99. The molecule has 2 N–H and O–H groups in total. The summed E-state index contributed by atoms with van der Waals surface area (Å²) >= 11 is 1.65. The Balaban J connectivity index is 2.05. The summed E-state index contributed by atoms with van der Waals surface area (Å²) in [5, 5.41) is 0.484. The predicted octanol–water partition coefficient (Wildman–Crippen LogP) is 5.10. The highest BCUT2D eigenvalue weighted by Gasteiger charge is 2.33. The molecular weight excluding hydrogens is 283 g/mol. The fourth-order valence-electron chi connectivity index (χ4n) is 2.72. The number of benzene rings is 1. The summed E-state index contributed by atoms with van der Waals surface area (Å²) in [7, 11) is 0. The van der Waals surface area contributed by atoms with Gasteiger partial charge in [-0.2, -0.15) is 24.9 Å². The zero-order chi connectivity index (χ0) is 14.8. The summed E-state index contributed by atoms with van der Waals surface area (Å²) in [6.07, 6.45) is 0.330. The van der Waals surface area contributed by atoms with Gasteiger partial charge in [-0.05, 0) is 36.5 Å². The Morgan fingerprint density at radius 2 is 2.05 bits per heavy atom. The van der Waals surface area contributed by atoms with Crippen molar-refractivity contribution in [1.29, 1.82) is 0 Å². The minimum Gasteiger partial charge on any atom is -0.399 e. The maximum atomic E-state index is 13.0. The molecule has 1 aliphatic rings. The lowest BCUT2D eigenvalue weighted by Gasteiger charge is -2.26. The van der Waals surface area contributed by atoms with E-state index in [1.165, 1.54) is 18.9 Å². The SMILES string of the molecule is CC1CCCC(SCc2ccc(N)cc2C(F)(F)F)C1. The van der Waals surface area contributed by atoms with Crippen molar-refractivity contribution < 1.29 is 13.2 Å². The zero-order valence-corrected chi connectivity index (χ0v) is 12.4. The van der Waals surface area contributed by atoms with Gasteiger partial charge >= 0.3 is 6.18 Å². The number of nitrogens with two attached hydrogens (primary N) is 1. The number of rotatable bonds is 3. The molecule has 112 valence electrons. The van der Waals surface area contributed by atoms with E-state index in [2.05, 4.69) is 6.92 Å². The van der Waals surface area contributed by atoms with Crippen molar-refractivity contribution in [1.82, 2.24) is 0 Å². The van der Waals surface area contributed by atoms with Crippen LogP contribution in [0.2, 0.25) is 0 Å². The van der Waals surface area contributed by atoms with Gasteiger partial charge in [-0.3, -0.25) is 0 Å². The Morgan fingerprint density at radius 3 is 2.70 bits per heavy atom. The van der Waals surface area contributed by atoms with Gasteiger partial charge in [0.25, 0.3) is 0 Å². The number of halogens is 3. The number of anilines is 1. The Hall–Kier alpha value is -0.840. The first kappa shape index (κ1) is 15.5. The van der Waals surface area contributed by atoms with Gasteiger partial charge in [0.05, 0.1) is 5.56 Å². The molecule has 1 nitrogen and oxygen atoms in total. The molecule has 2 unspecified atom stereocenters. The van der Waals surface area contributed by atoms with Crippen LogP contribution in [0.15, 0.2) is 18.2 Å². The molecule has 0 amide bonds. The van der Waals surface area contributed by atoms with Gasteiger partial charge in [0, 0.05) is 16.7 Å². The smallest absolute Gasteiger partial charge is 0.399 e. The monoisotopic (exact) mass is 303 g/mol. The molecule has 20 heavy (non-hydrogen) atoms. The number of thioether (sulfide) groups is 1. The van der Waals surface area contributed by atoms with E-state index >= 15 is 0 Å². The first-order valence-electron chi connectivity index (χ1n) is 6.93. The van der Waals surface area contributed by atoms with Crippen molar-refractivity contribution in [2.24, 2.45) is 5.92 Å². The standard InChI is InChI=1S/C15H20F3NS/c1-10-3-2-4-13(7-10)20-9-11-5-6-12(19)8-14(11)15(16,17)18/h5-6,8,10,13H,2-4,7,9,19H2,1H3. The van der Waals surface area contributed by atoms with Crippen LogP contribution in [0.1, 0.15) is 43.7 Å². The van der Waals surface area contributed by atoms with Gasteiger partial charge < -0.3 is 5.73 Å². The third-order valence-electron chi connectivity index (χ3n) is 3.80. The molecule has 1 saturated carbocycles. The van der Waals surface area contributed by atoms with Crippen LogP contribution in [0.4, 0.5) is 18.9 Å². The quantitative estimate of drug-likeness (QED) is 0.786. The van der Waals surface area contributed by atoms with Crippen molar-refractivity contribution in [3.63, 3.8) is 0 Å². The van der Waals surface area contributed by atoms with E-state index in [0.717, 1.165) is 18.9 Å². The molecule has 0 aromatic heterocycles. The molecule has 0 aliphatic heterocycles. The predicted molar refractivity (Wildman–Crippen MR) is 78.6 cm³/mol. The Bertz CT molecular complexity index is 459. The second kappa shape index (κ2) is 6.29. The molecule has 2 atom stereocenters. The largest absolute Gasteiger partial charge is 0.416 e. The van der Waals surface area contributed by atoms with Gasteiger partial charge in [0.2, 0.25) is 0 Å². The van der Waals surface area contributed by atoms with E-state index in [-0.39, 0.29) is 5.69 Å². The summed E-state index contributed by atoms with van der Waals surface area (Å²) < 4.78 is 39.0. The van der Waals surface area contributed by atoms with Crippen LogP contribution in [0.25, 0.3) is 0 Å². The molecule has 0 bridgehead atoms. The highest BCUT2D eigenvalue weighted by Crippen LogP contribution is 2.38. The molecule has 5 heteroatoms. The summed E-state index contributed by atoms with van der Waals surface area (Å²) in [5.74, 6) is 1.10. The normalized spacial score (nSPS) is 23.8. The average Bonchev–Trinajstić information content (AvgIpc) is 2.36. The molecule has 1 fully saturated rings. The molecule has 1 aromatic carbocycles. The third-order valence-corrected chi connectivity index (χ3v) is 5.18. The topological polar surface area (TPSA) is 26.0 Å². The van der Waals surface area contributed by atoms with Crippen LogP contribution < -0.4 is 5.73 Å². The number of hydrogen-bond acceptors (Lipinski definition) is 2. The number of nitrogen functional groups attached to an aromatic ring is 1. The van der Waals surface area contributed by atoms with Crippen LogP contribution in [0.3, 0.4) is 0 Å². The van der Waals surface area contributed by atoms with Crippen LogP contribution in [-0.2, 0) is 11.9 Å². The lowest BCUT2D eigenvalue weighted by molar-refractivity contribution is -0.138. The Kier molecular flexibility index (Phi) is 4.89. The molecule has 0 radical (unpaired) electrons. The fourth-order valence-corrected chi connectivity index (χ4v) is 4.19. The molecule has 1 aliphatic carbocycles. The maximum absolute atomic E-state index is 13.0. The second-order valence-corrected chi connectivity index (χ2v) is 6.91. The second-order valence-electron chi connectivity index (χ2n) is 5.62. The van der Waals surface area contributed by atoms with Crippen molar-refractivity contribution in [2.45, 2.75) is 49.8 Å².